The molecule has 162 valence electrons. The molecule has 1 amide bonds. The van der Waals surface area contributed by atoms with Gasteiger partial charge in [0.25, 0.3) is 5.91 Å². The minimum Gasteiger partial charge on any atom is -0.493 e. The SMILES string of the molecule is COc1cc(/C=C(/C#N)C(=O)NCc2ccccc2)c(Br)cc1OCc1ccc(Br)cc1. The monoisotopic (exact) mass is 554 g/mol. The van der Waals surface area contributed by atoms with E-state index in [9.17, 15) is 10.1 Å². The highest BCUT2D eigenvalue weighted by molar-refractivity contribution is 9.10. The van der Waals surface area contributed by atoms with Gasteiger partial charge in [0, 0.05) is 15.5 Å². The number of hydrogen-bond acceptors (Lipinski definition) is 4. The quantitative estimate of drug-likeness (QED) is 0.272. The fourth-order valence-electron chi connectivity index (χ4n) is 2.85. The Balaban J connectivity index is 1.75. The molecule has 0 bridgehead atoms. The van der Waals surface area contributed by atoms with E-state index in [1.54, 1.807) is 19.2 Å². The molecule has 0 aliphatic rings. The van der Waals surface area contributed by atoms with E-state index >= 15 is 0 Å². The van der Waals surface area contributed by atoms with E-state index in [2.05, 4.69) is 37.2 Å². The third-order valence-corrected chi connectivity index (χ3v) is 5.77. The molecule has 0 saturated carbocycles. The predicted octanol–water partition coefficient (Wildman–Crippen LogP) is 6.02. The molecule has 0 aliphatic carbocycles. The van der Waals surface area contributed by atoms with Gasteiger partial charge in [-0.3, -0.25) is 4.79 Å². The van der Waals surface area contributed by atoms with E-state index in [1.807, 2.05) is 60.7 Å². The topological polar surface area (TPSA) is 71.3 Å². The van der Waals surface area contributed by atoms with E-state index in [-0.39, 0.29) is 5.57 Å². The second kappa shape index (κ2) is 11.5. The highest BCUT2D eigenvalue weighted by Gasteiger charge is 2.14. The first-order valence-electron chi connectivity index (χ1n) is 9.69. The van der Waals surface area contributed by atoms with Crippen molar-refractivity contribution in [2.24, 2.45) is 0 Å². The smallest absolute Gasteiger partial charge is 0.262 e. The van der Waals surface area contributed by atoms with Crippen molar-refractivity contribution in [3.05, 3.63) is 97.9 Å². The summed E-state index contributed by atoms with van der Waals surface area (Å²) in [7, 11) is 1.54. The van der Waals surface area contributed by atoms with Gasteiger partial charge < -0.3 is 14.8 Å². The van der Waals surface area contributed by atoms with Crippen molar-refractivity contribution in [1.82, 2.24) is 5.32 Å². The zero-order valence-electron chi connectivity index (χ0n) is 17.3. The van der Waals surface area contributed by atoms with Crippen LogP contribution in [0, 0.1) is 11.3 Å². The second-order valence-corrected chi connectivity index (χ2v) is 8.55. The first kappa shape index (κ1) is 23.6. The molecule has 0 saturated heterocycles. The highest BCUT2D eigenvalue weighted by Crippen LogP contribution is 2.35. The first-order chi connectivity index (χ1) is 15.5. The summed E-state index contributed by atoms with van der Waals surface area (Å²) in [6, 6.07) is 22.8. The second-order valence-electron chi connectivity index (χ2n) is 6.78. The summed E-state index contributed by atoms with van der Waals surface area (Å²) in [5.41, 5.74) is 2.59. The van der Waals surface area contributed by atoms with Gasteiger partial charge in [0.1, 0.15) is 18.2 Å². The average molecular weight is 556 g/mol. The fraction of sp³-hybridized carbons (Fsp3) is 0.120. The van der Waals surface area contributed by atoms with Crippen LogP contribution in [0.1, 0.15) is 16.7 Å². The third-order valence-electron chi connectivity index (χ3n) is 4.55. The molecule has 0 unspecified atom stereocenters. The molecule has 3 rings (SSSR count). The summed E-state index contributed by atoms with van der Waals surface area (Å²) in [6.45, 7) is 0.711. The molecule has 0 fully saturated rings. The highest BCUT2D eigenvalue weighted by atomic mass is 79.9. The van der Waals surface area contributed by atoms with Crippen molar-refractivity contribution in [3.63, 3.8) is 0 Å². The molecule has 5 nitrogen and oxygen atoms in total. The number of benzene rings is 3. The van der Waals surface area contributed by atoms with Crippen molar-refractivity contribution in [3.8, 4) is 17.6 Å². The van der Waals surface area contributed by atoms with Gasteiger partial charge in [-0.05, 0) is 47.0 Å². The zero-order chi connectivity index (χ0) is 22.9. The normalized spacial score (nSPS) is 10.9. The molecule has 3 aromatic carbocycles. The first-order valence-corrected chi connectivity index (χ1v) is 11.3. The number of nitriles is 1. The maximum absolute atomic E-state index is 12.5. The van der Waals surface area contributed by atoms with Crippen LogP contribution in [0.3, 0.4) is 0 Å². The molecule has 0 aromatic heterocycles. The number of rotatable bonds is 8. The number of carbonyl (C=O) groups excluding carboxylic acids is 1. The van der Waals surface area contributed by atoms with E-state index < -0.39 is 5.91 Å². The van der Waals surface area contributed by atoms with Gasteiger partial charge in [-0.25, -0.2) is 0 Å². The Morgan fingerprint density at radius 2 is 1.75 bits per heavy atom. The van der Waals surface area contributed by atoms with Crippen molar-refractivity contribution in [1.29, 1.82) is 5.26 Å². The van der Waals surface area contributed by atoms with E-state index in [0.29, 0.717) is 34.7 Å². The van der Waals surface area contributed by atoms with Gasteiger partial charge in [0.05, 0.1) is 7.11 Å². The average Bonchev–Trinajstić information content (AvgIpc) is 2.82. The zero-order valence-corrected chi connectivity index (χ0v) is 20.4. The maximum atomic E-state index is 12.5. The minimum atomic E-state index is -0.446. The summed E-state index contributed by atoms with van der Waals surface area (Å²) >= 11 is 6.92. The van der Waals surface area contributed by atoms with Crippen molar-refractivity contribution < 1.29 is 14.3 Å². The molecular weight excluding hydrogens is 536 g/mol. The van der Waals surface area contributed by atoms with E-state index in [4.69, 9.17) is 9.47 Å². The lowest BCUT2D eigenvalue weighted by atomic mass is 10.1. The largest absolute Gasteiger partial charge is 0.493 e. The lowest BCUT2D eigenvalue weighted by Gasteiger charge is -2.13. The lowest BCUT2D eigenvalue weighted by molar-refractivity contribution is -0.117. The Hall–Kier alpha value is -3.08. The standard InChI is InChI=1S/C25H20Br2N2O3/c1-31-23-12-19(11-20(14-28)25(30)29-15-17-5-3-2-4-6-17)22(27)13-24(23)32-16-18-7-9-21(26)10-8-18/h2-13H,15-16H2,1H3,(H,29,30)/b20-11-. The number of halogens is 2. The van der Waals surface area contributed by atoms with Gasteiger partial charge >= 0.3 is 0 Å². The van der Waals surface area contributed by atoms with Crippen LogP contribution in [0.25, 0.3) is 6.08 Å². The molecule has 0 aliphatic heterocycles. The van der Waals surface area contributed by atoms with Crippen LogP contribution in [0.15, 0.2) is 81.2 Å². The number of nitrogens with one attached hydrogen (secondary N) is 1. The van der Waals surface area contributed by atoms with Gasteiger partial charge in [-0.2, -0.15) is 5.26 Å². The molecule has 32 heavy (non-hydrogen) atoms. The Bertz CT molecular complexity index is 1150. The maximum Gasteiger partial charge on any atom is 0.262 e. The molecule has 1 N–H and O–H groups in total. The number of hydrogen-bond donors (Lipinski definition) is 1. The van der Waals surface area contributed by atoms with E-state index in [0.717, 1.165) is 15.6 Å². The molecule has 0 heterocycles. The van der Waals surface area contributed by atoms with Crippen molar-refractivity contribution in [2.75, 3.05) is 7.11 Å². The fourth-order valence-corrected chi connectivity index (χ4v) is 3.55. The van der Waals surface area contributed by atoms with Gasteiger partial charge in [-0.1, -0.05) is 74.3 Å². The molecule has 3 aromatic rings. The van der Waals surface area contributed by atoms with Crippen molar-refractivity contribution in [2.45, 2.75) is 13.2 Å². The molecular formula is C25H20Br2N2O3. The van der Waals surface area contributed by atoms with Crippen LogP contribution in [0.4, 0.5) is 0 Å². The number of methoxy groups -OCH3 is 1. The van der Waals surface area contributed by atoms with Crippen LogP contribution in [0.2, 0.25) is 0 Å². The lowest BCUT2D eigenvalue weighted by Crippen LogP contribution is -2.23. The van der Waals surface area contributed by atoms with Crippen molar-refractivity contribution >= 4 is 43.8 Å². The van der Waals surface area contributed by atoms with Crippen LogP contribution < -0.4 is 14.8 Å². The summed E-state index contributed by atoms with van der Waals surface area (Å²) < 4.78 is 13.1. The number of ether oxygens (including phenoxy) is 2. The Morgan fingerprint density at radius 1 is 1.03 bits per heavy atom. The molecule has 0 atom stereocenters. The number of amides is 1. The Morgan fingerprint density at radius 3 is 2.41 bits per heavy atom. The summed E-state index contributed by atoms with van der Waals surface area (Å²) in [5, 5.41) is 12.3. The third kappa shape index (κ3) is 6.46. The van der Waals surface area contributed by atoms with Crippen LogP contribution in [-0.2, 0) is 17.9 Å². The molecule has 7 heteroatoms. The Labute approximate surface area is 203 Å². The van der Waals surface area contributed by atoms with Crippen LogP contribution in [-0.4, -0.2) is 13.0 Å². The Kier molecular flexibility index (Phi) is 8.48. The predicted molar refractivity (Wildman–Crippen MR) is 131 cm³/mol. The summed E-state index contributed by atoms with van der Waals surface area (Å²) in [6.07, 6.45) is 1.52. The number of nitrogens with zero attached hydrogens (tertiary/aromatic N) is 1. The summed E-state index contributed by atoms with van der Waals surface area (Å²) in [5.74, 6) is 0.600. The van der Waals surface area contributed by atoms with E-state index in [1.165, 1.54) is 6.08 Å². The van der Waals surface area contributed by atoms with Crippen LogP contribution in [0.5, 0.6) is 11.5 Å². The summed E-state index contributed by atoms with van der Waals surface area (Å²) in [4.78, 5) is 12.5. The van der Waals surface area contributed by atoms with Gasteiger partial charge in [0.15, 0.2) is 11.5 Å². The molecule has 0 radical (unpaired) electrons. The van der Waals surface area contributed by atoms with Gasteiger partial charge in [-0.15, -0.1) is 0 Å². The minimum absolute atomic E-state index is 0.00721. The van der Waals surface area contributed by atoms with Crippen LogP contribution >= 0.6 is 31.9 Å². The number of carbonyl (C=O) groups is 1. The van der Waals surface area contributed by atoms with Gasteiger partial charge in [0.2, 0.25) is 0 Å². The molecule has 0 spiro atoms.